The summed E-state index contributed by atoms with van der Waals surface area (Å²) in [7, 11) is 0. The predicted molar refractivity (Wildman–Crippen MR) is 134 cm³/mol. The number of thiazole rings is 1. The van der Waals surface area contributed by atoms with Crippen molar-refractivity contribution < 1.29 is 4.79 Å². The van der Waals surface area contributed by atoms with Crippen LogP contribution >= 0.6 is 22.9 Å². The van der Waals surface area contributed by atoms with Gasteiger partial charge in [-0.15, -0.1) is 11.3 Å². The summed E-state index contributed by atoms with van der Waals surface area (Å²) >= 11 is 7.58. The lowest BCUT2D eigenvalue weighted by Crippen LogP contribution is -2.32. The molecule has 9 nitrogen and oxygen atoms in total. The van der Waals surface area contributed by atoms with Crippen LogP contribution < -0.4 is 16.2 Å². The van der Waals surface area contributed by atoms with Gasteiger partial charge in [0.15, 0.2) is 0 Å². The van der Waals surface area contributed by atoms with E-state index < -0.39 is 11.5 Å². The average Bonchev–Trinajstić information content (AvgIpc) is 3.19. The Hall–Kier alpha value is -3.63. The number of rotatable bonds is 9. The maximum atomic E-state index is 12.7. The molecule has 4 aromatic rings. The first-order chi connectivity index (χ1) is 16.4. The molecule has 0 fully saturated rings. The van der Waals surface area contributed by atoms with Gasteiger partial charge >= 0.3 is 0 Å². The van der Waals surface area contributed by atoms with Crippen LogP contribution in [0.4, 0.5) is 11.6 Å². The Balaban J connectivity index is 1.67. The third-order valence-corrected chi connectivity index (χ3v) is 6.15. The average molecular weight is 497 g/mol. The van der Waals surface area contributed by atoms with E-state index in [1.807, 2.05) is 37.3 Å². The number of fused-ring (bicyclic) bond motifs is 1. The van der Waals surface area contributed by atoms with Crippen molar-refractivity contribution in [3.8, 4) is 0 Å². The molecule has 0 aliphatic rings. The van der Waals surface area contributed by atoms with Crippen LogP contribution in [0.5, 0.6) is 0 Å². The number of carbonyl (C=O) groups is 1. The second-order valence-electron chi connectivity index (χ2n) is 7.54. The van der Waals surface area contributed by atoms with E-state index in [0.29, 0.717) is 23.9 Å². The Labute approximate surface area is 203 Å². The molecule has 2 aromatic carbocycles. The van der Waals surface area contributed by atoms with Crippen molar-refractivity contribution in [2.24, 2.45) is 5.18 Å². The molecule has 174 valence electrons. The number of benzene rings is 2. The fourth-order valence-electron chi connectivity index (χ4n) is 3.34. The van der Waals surface area contributed by atoms with Crippen LogP contribution in [0.25, 0.3) is 10.2 Å². The standard InChI is InChI=1S/C23H21ClN6O3S/c1-14-27-19-8-7-17(11-20(19)34-14)28-23-29-22(32)18(21(31)25-9-2-10-26-33)13-30(23)12-15-3-5-16(24)6-4-15/h3-8,11,13H,2,9-10,12H2,1H3,(H,25,31)(H,28,29,32). The fraction of sp³-hybridized carbons (Fsp3) is 0.217. The zero-order valence-electron chi connectivity index (χ0n) is 18.2. The van der Waals surface area contributed by atoms with E-state index in [1.54, 1.807) is 28.0 Å². The van der Waals surface area contributed by atoms with E-state index in [2.05, 4.69) is 25.8 Å². The number of nitrogens with zero attached hydrogens (tertiary/aromatic N) is 4. The number of nitrogens with one attached hydrogen (secondary N) is 2. The Morgan fingerprint density at radius 2 is 1.97 bits per heavy atom. The zero-order valence-corrected chi connectivity index (χ0v) is 19.8. The van der Waals surface area contributed by atoms with Gasteiger partial charge in [0.2, 0.25) is 5.95 Å². The molecule has 0 aliphatic heterocycles. The van der Waals surface area contributed by atoms with Gasteiger partial charge in [0.1, 0.15) is 5.56 Å². The van der Waals surface area contributed by atoms with Gasteiger partial charge in [-0.25, -0.2) is 4.98 Å². The van der Waals surface area contributed by atoms with Crippen LogP contribution in [-0.2, 0) is 6.54 Å². The van der Waals surface area contributed by atoms with E-state index >= 15 is 0 Å². The molecule has 1 amide bonds. The highest BCUT2D eigenvalue weighted by atomic mass is 35.5. The molecule has 0 radical (unpaired) electrons. The first kappa shape index (κ1) is 23.5. The number of aryl methyl sites for hydroxylation is 1. The van der Waals surface area contributed by atoms with Crippen molar-refractivity contribution >= 4 is 50.7 Å². The van der Waals surface area contributed by atoms with Gasteiger partial charge in [-0.2, -0.15) is 9.89 Å². The Morgan fingerprint density at radius 1 is 1.18 bits per heavy atom. The number of carbonyl (C=O) groups excluding carboxylic acids is 1. The van der Waals surface area contributed by atoms with Crippen LogP contribution in [0.3, 0.4) is 0 Å². The lowest BCUT2D eigenvalue weighted by molar-refractivity contribution is 0.0951. The fourth-order valence-corrected chi connectivity index (χ4v) is 4.34. The van der Waals surface area contributed by atoms with Gasteiger partial charge in [-0.05, 0) is 49.2 Å². The summed E-state index contributed by atoms with van der Waals surface area (Å²) in [6.45, 7) is 2.62. The van der Waals surface area contributed by atoms with Crippen molar-refractivity contribution in [2.45, 2.75) is 19.9 Å². The summed E-state index contributed by atoms with van der Waals surface area (Å²) in [6.07, 6.45) is 1.87. The van der Waals surface area contributed by atoms with Crippen LogP contribution in [-0.4, -0.2) is 33.5 Å². The van der Waals surface area contributed by atoms with Crippen molar-refractivity contribution in [3.63, 3.8) is 0 Å². The summed E-state index contributed by atoms with van der Waals surface area (Å²) in [6, 6.07) is 13.0. The SMILES string of the molecule is Cc1nc2ccc(Nc3nc(=O)c(C(=O)NCCCN=O)cn3Cc3ccc(Cl)cc3)cc2s1. The van der Waals surface area contributed by atoms with Crippen molar-refractivity contribution in [3.05, 3.63) is 85.1 Å². The summed E-state index contributed by atoms with van der Waals surface area (Å²) < 4.78 is 2.71. The molecule has 2 N–H and O–H groups in total. The molecule has 11 heteroatoms. The van der Waals surface area contributed by atoms with Crippen LogP contribution in [0.2, 0.25) is 5.02 Å². The van der Waals surface area contributed by atoms with E-state index in [0.717, 1.165) is 26.5 Å². The van der Waals surface area contributed by atoms with Crippen LogP contribution in [0, 0.1) is 11.8 Å². The quantitative estimate of drug-likeness (QED) is 0.260. The molecule has 0 atom stereocenters. The van der Waals surface area contributed by atoms with E-state index in [-0.39, 0.29) is 18.7 Å². The number of hydrogen-bond acceptors (Lipinski definition) is 8. The largest absolute Gasteiger partial charge is 0.352 e. The highest BCUT2D eigenvalue weighted by Crippen LogP contribution is 2.26. The summed E-state index contributed by atoms with van der Waals surface area (Å²) in [4.78, 5) is 44.1. The van der Waals surface area contributed by atoms with E-state index in [9.17, 15) is 14.5 Å². The molecule has 34 heavy (non-hydrogen) atoms. The Bertz CT molecular complexity index is 1400. The number of aromatic nitrogens is 3. The molecule has 0 bridgehead atoms. The molecule has 0 aliphatic carbocycles. The van der Waals surface area contributed by atoms with Gasteiger partial charge < -0.3 is 15.2 Å². The lowest BCUT2D eigenvalue weighted by atomic mass is 10.2. The summed E-state index contributed by atoms with van der Waals surface area (Å²) in [5.41, 5.74) is 1.81. The zero-order chi connectivity index (χ0) is 24.1. The van der Waals surface area contributed by atoms with Crippen molar-refractivity contribution in [2.75, 3.05) is 18.4 Å². The molecule has 0 spiro atoms. The molecule has 2 heterocycles. The van der Waals surface area contributed by atoms with Crippen LogP contribution in [0.1, 0.15) is 27.3 Å². The third-order valence-electron chi connectivity index (χ3n) is 4.97. The molecule has 0 unspecified atom stereocenters. The Morgan fingerprint density at radius 3 is 2.74 bits per heavy atom. The summed E-state index contributed by atoms with van der Waals surface area (Å²) in [5.74, 6) is -0.261. The van der Waals surface area contributed by atoms with Gasteiger partial charge in [-0.3, -0.25) is 9.59 Å². The third kappa shape index (κ3) is 5.64. The molecule has 2 aromatic heterocycles. The minimum absolute atomic E-state index is 0.0891. The second kappa shape index (κ2) is 10.5. The van der Waals surface area contributed by atoms with Gasteiger partial charge in [-0.1, -0.05) is 28.9 Å². The first-order valence-electron chi connectivity index (χ1n) is 10.5. The Kier molecular flexibility index (Phi) is 7.29. The maximum Gasteiger partial charge on any atom is 0.287 e. The van der Waals surface area contributed by atoms with Crippen molar-refractivity contribution in [1.29, 1.82) is 0 Å². The second-order valence-corrected chi connectivity index (χ2v) is 9.21. The monoisotopic (exact) mass is 496 g/mol. The van der Waals surface area contributed by atoms with Crippen LogP contribution in [0.15, 0.2) is 58.6 Å². The minimum Gasteiger partial charge on any atom is -0.352 e. The lowest BCUT2D eigenvalue weighted by Gasteiger charge is -2.16. The highest BCUT2D eigenvalue weighted by Gasteiger charge is 2.16. The van der Waals surface area contributed by atoms with Gasteiger partial charge in [0, 0.05) is 23.5 Å². The summed E-state index contributed by atoms with van der Waals surface area (Å²) in [5, 5.41) is 10.2. The van der Waals surface area contributed by atoms with E-state index in [1.165, 1.54) is 6.20 Å². The first-order valence-corrected chi connectivity index (χ1v) is 11.7. The van der Waals surface area contributed by atoms with Gasteiger partial charge in [0.25, 0.3) is 11.5 Å². The van der Waals surface area contributed by atoms with Gasteiger partial charge in [0.05, 0.1) is 28.3 Å². The number of nitroso groups, excluding NO2 is 1. The molecular formula is C23H21ClN6O3S. The molecule has 0 saturated heterocycles. The predicted octanol–water partition coefficient (Wildman–Crippen LogP) is 4.49. The maximum absolute atomic E-state index is 12.7. The topological polar surface area (TPSA) is 118 Å². The number of hydrogen-bond donors (Lipinski definition) is 2. The van der Waals surface area contributed by atoms with E-state index in [4.69, 9.17) is 11.6 Å². The number of amides is 1. The molecule has 0 saturated carbocycles. The normalized spacial score (nSPS) is 10.9. The highest BCUT2D eigenvalue weighted by molar-refractivity contribution is 7.18. The number of halogens is 1. The molecule has 4 rings (SSSR count). The number of anilines is 2. The smallest absolute Gasteiger partial charge is 0.287 e. The molecular weight excluding hydrogens is 476 g/mol. The van der Waals surface area contributed by atoms with Crippen molar-refractivity contribution in [1.82, 2.24) is 19.9 Å². The minimum atomic E-state index is -0.657.